The maximum Gasteiger partial charge on any atom is 0.127 e. The molecule has 0 saturated heterocycles. The largest absolute Gasteiger partial charge is 0.396 e. The highest BCUT2D eigenvalue weighted by Crippen LogP contribution is 2.11. The first-order chi connectivity index (χ1) is 8.36. The number of nitrogens with zero attached hydrogens (tertiary/aromatic N) is 1. The molecule has 17 heavy (non-hydrogen) atoms. The van der Waals surface area contributed by atoms with Crippen molar-refractivity contribution in [3.8, 4) is 0 Å². The predicted octanol–water partition coefficient (Wildman–Crippen LogP) is 2.04. The Labute approximate surface area is 107 Å². The van der Waals surface area contributed by atoms with Gasteiger partial charge in [0, 0.05) is 43.4 Å². The molecule has 0 fully saturated rings. The molecule has 5 heteroatoms. The van der Waals surface area contributed by atoms with Gasteiger partial charge in [0.1, 0.15) is 5.82 Å². The zero-order valence-electron chi connectivity index (χ0n) is 10.3. The second-order valence-corrected chi connectivity index (χ2v) is 4.80. The summed E-state index contributed by atoms with van der Waals surface area (Å²) in [7, 11) is 0. The number of aliphatic hydroxyl groups is 1. The van der Waals surface area contributed by atoms with Gasteiger partial charge in [-0.2, -0.15) is 11.8 Å². The summed E-state index contributed by atoms with van der Waals surface area (Å²) >= 11 is 1.86. The van der Waals surface area contributed by atoms with E-state index >= 15 is 0 Å². The zero-order chi connectivity index (χ0) is 12.3. The van der Waals surface area contributed by atoms with Gasteiger partial charge >= 0.3 is 0 Å². The van der Waals surface area contributed by atoms with Crippen LogP contribution in [0.25, 0.3) is 0 Å². The van der Waals surface area contributed by atoms with Crippen LogP contribution in [0.3, 0.4) is 0 Å². The van der Waals surface area contributed by atoms with E-state index in [2.05, 4.69) is 22.5 Å². The molecule has 0 spiro atoms. The van der Waals surface area contributed by atoms with Gasteiger partial charge < -0.3 is 15.7 Å². The van der Waals surface area contributed by atoms with Gasteiger partial charge in [0.2, 0.25) is 0 Å². The summed E-state index contributed by atoms with van der Waals surface area (Å²) in [6, 6.07) is 3.99. The number of aliphatic hydroxyl groups excluding tert-OH is 1. The third kappa shape index (κ3) is 6.38. The van der Waals surface area contributed by atoms with Crippen LogP contribution in [0, 0.1) is 0 Å². The second-order valence-electron chi connectivity index (χ2n) is 3.58. The van der Waals surface area contributed by atoms with Crippen LogP contribution in [0.1, 0.15) is 13.3 Å². The highest BCUT2D eigenvalue weighted by atomic mass is 32.2. The third-order valence-electron chi connectivity index (χ3n) is 2.14. The first-order valence-electron chi connectivity index (χ1n) is 5.99. The zero-order valence-corrected chi connectivity index (χ0v) is 11.1. The van der Waals surface area contributed by atoms with Crippen LogP contribution >= 0.6 is 11.8 Å². The minimum Gasteiger partial charge on any atom is -0.396 e. The molecule has 0 aliphatic rings. The quantitative estimate of drug-likeness (QED) is 0.590. The van der Waals surface area contributed by atoms with Crippen LogP contribution < -0.4 is 10.6 Å². The lowest BCUT2D eigenvalue weighted by atomic mass is 10.4. The van der Waals surface area contributed by atoms with Crippen molar-refractivity contribution in [2.75, 3.05) is 41.8 Å². The number of hydrogen-bond acceptors (Lipinski definition) is 5. The van der Waals surface area contributed by atoms with Crippen LogP contribution in [-0.2, 0) is 0 Å². The predicted molar refractivity (Wildman–Crippen MR) is 75.9 cm³/mol. The lowest BCUT2D eigenvalue weighted by Crippen LogP contribution is -2.06. The number of rotatable bonds is 9. The summed E-state index contributed by atoms with van der Waals surface area (Å²) in [5.41, 5.74) is 1.10. The van der Waals surface area contributed by atoms with E-state index in [9.17, 15) is 0 Å². The Morgan fingerprint density at radius 2 is 2.24 bits per heavy atom. The molecule has 0 aliphatic heterocycles. The molecule has 0 radical (unpaired) electrons. The molecule has 1 heterocycles. The molecule has 0 bridgehead atoms. The number of nitrogens with one attached hydrogen (secondary N) is 2. The van der Waals surface area contributed by atoms with Gasteiger partial charge in [-0.3, -0.25) is 0 Å². The van der Waals surface area contributed by atoms with Gasteiger partial charge in [0.25, 0.3) is 0 Å². The summed E-state index contributed by atoms with van der Waals surface area (Å²) in [5.74, 6) is 2.99. The van der Waals surface area contributed by atoms with E-state index in [1.165, 1.54) is 0 Å². The Morgan fingerprint density at radius 3 is 3.00 bits per heavy atom. The van der Waals surface area contributed by atoms with Crippen LogP contribution in [-0.4, -0.2) is 41.3 Å². The standard InChI is InChI=1S/C12H21N3OS/c1-2-13-12-10-11(4-5-15-12)14-6-9-17-8-3-7-16/h4-5,10,16H,2-3,6-9H2,1H3,(H2,13,14,15). The number of anilines is 2. The molecule has 0 amide bonds. The van der Waals surface area contributed by atoms with Gasteiger partial charge in [-0.25, -0.2) is 4.98 Å². The molecule has 1 aromatic rings. The molecule has 1 rings (SSSR count). The summed E-state index contributed by atoms with van der Waals surface area (Å²) in [4.78, 5) is 4.21. The highest BCUT2D eigenvalue weighted by molar-refractivity contribution is 7.99. The van der Waals surface area contributed by atoms with Crippen LogP contribution in [0.15, 0.2) is 18.3 Å². The van der Waals surface area contributed by atoms with E-state index in [1.54, 1.807) is 6.20 Å². The van der Waals surface area contributed by atoms with Gasteiger partial charge in [-0.05, 0) is 25.2 Å². The molecule has 0 unspecified atom stereocenters. The van der Waals surface area contributed by atoms with E-state index < -0.39 is 0 Å². The highest BCUT2D eigenvalue weighted by Gasteiger charge is 1.95. The summed E-state index contributed by atoms with van der Waals surface area (Å²) in [5, 5.41) is 15.2. The first kappa shape index (κ1) is 14.1. The lowest BCUT2D eigenvalue weighted by molar-refractivity contribution is 0.296. The molecule has 0 aromatic carbocycles. The van der Waals surface area contributed by atoms with Gasteiger partial charge in [-0.1, -0.05) is 0 Å². The van der Waals surface area contributed by atoms with E-state index in [4.69, 9.17) is 5.11 Å². The van der Waals surface area contributed by atoms with Crippen molar-refractivity contribution in [2.24, 2.45) is 0 Å². The second kappa shape index (κ2) is 9.13. The van der Waals surface area contributed by atoms with Gasteiger partial charge in [0.15, 0.2) is 0 Å². The number of thioether (sulfide) groups is 1. The van der Waals surface area contributed by atoms with Crippen LogP contribution in [0.2, 0.25) is 0 Å². The molecule has 4 nitrogen and oxygen atoms in total. The SMILES string of the molecule is CCNc1cc(NCCSCCCO)ccn1. The average Bonchev–Trinajstić information content (AvgIpc) is 2.35. The van der Waals surface area contributed by atoms with Crippen molar-refractivity contribution in [3.63, 3.8) is 0 Å². The Bertz CT molecular complexity index is 310. The Hall–Kier alpha value is -0.940. The van der Waals surface area contributed by atoms with Crippen molar-refractivity contribution in [1.82, 2.24) is 4.98 Å². The molecule has 0 saturated carbocycles. The number of hydrogen-bond donors (Lipinski definition) is 3. The van der Waals surface area contributed by atoms with Gasteiger partial charge in [0.05, 0.1) is 0 Å². The Morgan fingerprint density at radius 1 is 1.35 bits per heavy atom. The van der Waals surface area contributed by atoms with Crippen LogP contribution in [0.4, 0.5) is 11.5 Å². The Kier molecular flexibility index (Phi) is 7.58. The molecule has 96 valence electrons. The normalized spacial score (nSPS) is 10.2. The maximum absolute atomic E-state index is 8.64. The Balaban J connectivity index is 2.19. The first-order valence-corrected chi connectivity index (χ1v) is 7.14. The fraction of sp³-hybridized carbons (Fsp3) is 0.583. The smallest absolute Gasteiger partial charge is 0.127 e. The van der Waals surface area contributed by atoms with E-state index in [1.807, 2.05) is 23.9 Å². The van der Waals surface area contributed by atoms with E-state index in [0.29, 0.717) is 0 Å². The minimum atomic E-state index is 0.289. The van der Waals surface area contributed by atoms with Crippen molar-refractivity contribution < 1.29 is 5.11 Å². The summed E-state index contributed by atoms with van der Waals surface area (Å²) in [6.07, 6.45) is 2.68. The van der Waals surface area contributed by atoms with E-state index in [-0.39, 0.29) is 6.61 Å². The fourth-order valence-electron chi connectivity index (χ4n) is 1.35. The molecular formula is C12H21N3OS. The van der Waals surface area contributed by atoms with E-state index in [0.717, 1.165) is 42.5 Å². The topological polar surface area (TPSA) is 57.2 Å². The molecule has 0 atom stereocenters. The maximum atomic E-state index is 8.64. The number of pyridine rings is 1. The van der Waals surface area contributed by atoms with Crippen molar-refractivity contribution in [2.45, 2.75) is 13.3 Å². The summed E-state index contributed by atoms with van der Waals surface area (Å²) in [6.45, 7) is 4.16. The van der Waals surface area contributed by atoms with Crippen molar-refractivity contribution >= 4 is 23.3 Å². The molecule has 3 N–H and O–H groups in total. The van der Waals surface area contributed by atoms with Crippen LogP contribution in [0.5, 0.6) is 0 Å². The molecule has 1 aromatic heterocycles. The number of aromatic nitrogens is 1. The lowest BCUT2D eigenvalue weighted by Gasteiger charge is -2.08. The molecular weight excluding hydrogens is 234 g/mol. The van der Waals surface area contributed by atoms with Crippen molar-refractivity contribution in [3.05, 3.63) is 18.3 Å². The monoisotopic (exact) mass is 255 g/mol. The third-order valence-corrected chi connectivity index (χ3v) is 3.21. The minimum absolute atomic E-state index is 0.289. The van der Waals surface area contributed by atoms with Gasteiger partial charge in [-0.15, -0.1) is 0 Å². The van der Waals surface area contributed by atoms with Crippen molar-refractivity contribution in [1.29, 1.82) is 0 Å². The molecule has 0 aliphatic carbocycles. The fourth-order valence-corrected chi connectivity index (χ4v) is 2.14. The average molecular weight is 255 g/mol. The summed E-state index contributed by atoms with van der Waals surface area (Å²) < 4.78 is 0.